The molecule has 0 unspecified atom stereocenters. The number of hydrogen-bond donors (Lipinski definition) is 0. The van der Waals surface area contributed by atoms with E-state index in [1.807, 2.05) is 48.5 Å². The molecule has 2 aromatic carbocycles. The highest BCUT2D eigenvalue weighted by Gasteiger charge is 2.18. The van der Waals surface area contributed by atoms with E-state index in [0.717, 1.165) is 24.0 Å². The summed E-state index contributed by atoms with van der Waals surface area (Å²) in [6, 6.07) is 15.2. The predicted octanol–water partition coefficient (Wildman–Crippen LogP) is 5.33. The molecule has 0 saturated carbocycles. The number of benzene rings is 2. The van der Waals surface area contributed by atoms with Crippen LogP contribution in [0.25, 0.3) is 5.57 Å². The molecule has 28 heavy (non-hydrogen) atoms. The minimum Gasteiger partial charge on any atom is -0.427 e. The largest absolute Gasteiger partial charge is 0.427 e. The molecule has 0 fully saturated rings. The minimum atomic E-state index is -0.335. The van der Waals surface area contributed by atoms with Crippen LogP contribution < -0.4 is 9.47 Å². The monoisotopic (exact) mass is 376 g/mol. The van der Waals surface area contributed by atoms with Crippen LogP contribution in [-0.2, 0) is 9.59 Å². The molecular formula is C24H24O4. The first kappa shape index (κ1) is 19.6. The normalized spacial score (nSPS) is 15.8. The fraction of sp³-hybridized carbons (Fsp3) is 0.250. The Labute approximate surface area is 165 Å². The average molecular weight is 376 g/mol. The summed E-state index contributed by atoms with van der Waals surface area (Å²) < 4.78 is 10.3. The summed E-state index contributed by atoms with van der Waals surface area (Å²) in [5, 5.41) is 0. The second-order valence-electron chi connectivity index (χ2n) is 6.95. The molecule has 0 radical (unpaired) electrons. The Bertz CT molecular complexity index is 857. The smallest absolute Gasteiger partial charge is 0.308 e. The van der Waals surface area contributed by atoms with E-state index in [-0.39, 0.29) is 11.9 Å². The van der Waals surface area contributed by atoms with E-state index < -0.39 is 0 Å². The molecule has 0 spiro atoms. The van der Waals surface area contributed by atoms with Crippen LogP contribution in [0, 0.1) is 5.92 Å². The number of esters is 2. The van der Waals surface area contributed by atoms with Gasteiger partial charge in [-0.2, -0.15) is 0 Å². The van der Waals surface area contributed by atoms with Crippen LogP contribution in [0.15, 0.2) is 66.3 Å². The maximum Gasteiger partial charge on any atom is 0.308 e. The van der Waals surface area contributed by atoms with Crippen molar-refractivity contribution >= 4 is 17.5 Å². The van der Waals surface area contributed by atoms with Crippen LogP contribution in [0.4, 0.5) is 0 Å². The second kappa shape index (κ2) is 8.70. The first-order chi connectivity index (χ1) is 13.4. The molecule has 0 N–H and O–H groups in total. The lowest BCUT2D eigenvalue weighted by molar-refractivity contribution is -0.132. The Hall–Kier alpha value is -3.14. The SMILES string of the molecule is CC(=O)Oc1ccc(C(=C2CC=CC[C@H]2C)c2ccc(OC(C)=O)cc2)cc1. The van der Waals surface area contributed by atoms with Crippen LogP contribution in [0.5, 0.6) is 11.5 Å². The van der Waals surface area contributed by atoms with Crippen molar-refractivity contribution in [2.24, 2.45) is 5.92 Å². The van der Waals surface area contributed by atoms with Gasteiger partial charge in [0, 0.05) is 13.8 Å². The van der Waals surface area contributed by atoms with Gasteiger partial charge in [0.05, 0.1) is 0 Å². The fourth-order valence-corrected chi connectivity index (χ4v) is 3.45. The predicted molar refractivity (Wildman–Crippen MR) is 109 cm³/mol. The number of rotatable bonds is 4. The zero-order valence-corrected chi connectivity index (χ0v) is 16.4. The quantitative estimate of drug-likeness (QED) is 0.411. The van der Waals surface area contributed by atoms with Gasteiger partial charge in [0.1, 0.15) is 11.5 Å². The van der Waals surface area contributed by atoms with Gasteiger partial charge in [-0.05, 0) is 59.7 Å². The summed E-state index contributed by atoms with van der Waals surface area (Å²) in [4.78, 5) is 22.4. The van der Waals surface area contributed by atoms with Crippen molar-refractivity contribution in [3.8, 4) is 11.5 Å². The van der Waals surface area contributed by atoms with Crippen LogP contribution in [0.3, 0.4) is 0 Å². The zero-order chi connectivity index (χ0) is 20.1. The maximum atomic E-state index is 11.2. The number of ether oxygens (including phenoxy) is 2. The van der Waals surface area contributed by atoms with Crippen molar-refractivity contribution in [3.63, 3.8) is 0 Å². The Kier molecular flexibility index (Phi) is 6.09. The van der Waals surface area contributed by atoms with Gasteiger partial charge in [-0.25, -0.2) is 0 Å². The third-order valence-corrected chi connectivity index (χ3v) is 4.72. The van der Waals surface area contributed by atoms with Crippen LogP contribution in [-0.4, -0.2) is 11.9 Å². The van der Waals surface area contributed by atoms with Gasteiger partial charge in [-0.1, -0.05) is 48.9 Å². The van der Waals surface area contributed by atoms with E-state index in [4.69, 9.17) is 9.47 Å². The van der Waals surface area contributed by atoms with Gasteiger partial charge >= 0.3 is 11.9 Å². The number of carbonyl (C=O) groups is 2. The van der Waals surface area contributed by atoms with Crippen molar-refractivity contribution in [1.29, 1.82) is 0 Å². The van der Waals surface area contributed by atoms with Gasteiger partial charge < -0.3 is 9.47 Å². The molecule has 4 heteroatoms. The number of allylic oxidation sites excluding steroid dienone is 3. The Morgan fingerprint density at radius 1 is 0.786 bits per heavy atom. The molecule has 0 aromatic heterocycles. The molecule has 1 aliphatic rings. The van der Waals surface area contributed by atoms with Crippen LogP contribution in [0.2, 0.25) is 0 Å². The van der Waals surface area contributed by atoms with Gasteiger partial charge in [0.15, 0.2) is 0 Å². The van der Waals surface area contributed by atoms with E-state index >= 15 is 0 Å². The van der Waals surface area contributed by atoms with E-state index in [1.165, 1.54) is 25.0 Å². The third-order valence-electron chi connectivity index (χ3n) is 4.72. The lowest BCUT2D eigenvalue weighted by Crippen LogP contribution is -2.07. The van der Waals surface area contributed by atoms with E-state index in [9.17, 15) is 9.59 Å². The topological polar surface area (TPSA) is 52.6 Å². The molecule has 0 amide bonds. The Balaban J connectivity index is 2.03. The summed E-state index contributed by atoms with van der Waals surface area (Å²) in [6.07, 6.45) is 6.33. The summed E-state index contributed by atoms with van der Waals surface area (Å²) in [6.45, 7) is 5.02. The van der Waals surface area contributed by atoms with E-state index in [2.05, 4.69) is 19.1 Å². The molecule has 0 heterocycles. The molecule has 0 aliphatic heterocycles. The maximum absolute atomic E-state index is 11.2. The molecule has 1 atom stereocenters. The van der Waals surface area contributed by atoms with Gasteiger partial charge in [-0.15, -0.1) is 0 Å². The molecule has 2 aromatic rings. The molecule has 4 nitrogen and oxygen atoms in total. The number of hydrogen-bond acceptors (Lipinski definition) is 4. The highest BCUT2D eigenvalue weighted by Crippen LogP contribution is 2.37. The molecule has 0 bridgehead atoms. The van der Waals surface area contributed by atoms with Crippen molar-refractivity contribution in [2.45, 2.75) is 33.6 Å². The Morgan fingerprint density at radius 2 is 1.25 bits per heavy atom. The van der Waals surface area contributed by atoms with Crippen molar-refractivity contribution in [1.82, 2.24) is 0 Å². The van der Waals surface area contributed by atoms with Crippen molar-refractivity contribution < 1.29 is 19.1 Å². The summed E-state index contributed by atoms with van der Waals surface area (Å²) in [7, 11) is 0. The molecular weight excluding hydrogens is 352 g/mol. The standard InChI is InChI=1S/C24H24O4/c1-16-6-4-5-7-23(16)24(19-8-12-21(13-9-19)27-17(2)25)20-10-14-22(15-11-20)28-18(3)26/h4-5,8-16H,6-7H2,1-3H3/t16-/m1/s1. The molecule has 3 rings (SSSR count). The summed E-state index contributed by atoms with van der Waals surface area (Å²) in [5.41, 5.74) is 4.66. The lowest BCUT2D eigenvalue weighted by atomic mass is 9.82. The van der Waals surface area contributed by atoms with E-state index in [0.29, 0.717) is 17.4 Å². The Morgan fingerprint density at radius 3 is 1.64 bits per heavy atom. The van der Waals surface area contributed by atoms with Gasteiger partial charge in [0.2, 0.25) is 0 Å². The minimum absolute atomic E-state index is 0.335. The first-order valence-corrected chi connectivity index (χ1v) is 9.40. The first-order valence-electron chi connectivity index (χ1n) is 9.40. The van der Waals surface area contributed by atoms with Gasteiger partial charge in [-0.3, -0.25) is 9.59 Å². The van der Waals surface area contributed by atoms with Crippen molar-refractivity contribution in [3.05, 3.63) is 77.4 Å². The van der Waals surface area contributed by atoms with Gasteiger partial charge in [0.25, 0.3) is 0 Å². The summed E-state index contributed by atoms with van der Waals surface area (Å²) >= 11 is 0. The fourth-order valence-electron chi connectivity index (χ4n) is 3.45. The van der Waals surface area contributed by atoms with Crippen LogP contribution in [0.1, 0.15) is 44.7 Å². The molecule has 1 aliphatic carbocycles. The zero-order valence-electron chi connectivity index (χ0n) is 16.4. The molecule has 0 saturated heterocycles. The lowest BCUT2D eigenvalue weighted by Gasteiger charge is -2.23. The number of carbonyl (C=O) groups excluding carboxylic acids is 2. The highest BCUT2D eigenvalue weighted by molar-refractivity contribution is 5.83. The van der Waals surface area contributed by atoms with E-state index in [1.54, 1.807) is 0 Å². The average Bonchev–Trinajstić information content (AvgIpc) is 2.65. The highest BCUT2D eigenvalue weighted by atomic mass is 16.5. The molecule has 144 valence electrons. The third kappa shape index (κ3) is 4.77. The summed E-state index contributed by atoms with van der Waals surface area (Å²) in [5.74, 6) is 0.822. The van der Waals surface area contributed by atoms with Crippen molar-refractivity contribution in [2.75, 3.05) is 0 Å². The second-order valence-corrected chi connectivity index (χ2v) is 6.95. The van der Waals surface area contributed by atoms with Crippen LogP contribution >= 0.6 is 0 Å².